The fourth-order valence-electron chi connectivity index (χ4n) is 2.24. The molecule has 2 N–H and O–H groups in total. The number of sulfonamides is 1. The molecule has 6 nitrogen and oxygen atoms in total. The molecule has 0 fully saturated rings. The van der Waals surface area contributed by atoms with Crippen LogP contribution in [0.15, 0.2) is 53.4 Å². The average molecular weight is 351 g/mol. The van der Waals surface area contributed by atoms with Gasteiger partial charge in [-0.2, -0.15) is 0 Å². The number of ether oxygens (including phenoxy) is 2. The summed E-state index contributed by atoms with van der Waals surface area (Å²) in [6.07, 6.45) is -0.449. The Balaban J connectivity index is 2.01. The van der Waals surface area contributed by atoms with Crippen LogP contribution in [0.5, 0.6) is 11.5 Å². The Hall–Kier alpha value is -2.09. The van der Waals surface area contributed by atoms with E-state index in [4.69, 9.17) is 9.47 Å². The molecule has 0 aliphatic heterocycles. The number of aliphatic hydroxyl groups excluding tert-OH is 1. The summed E-state index contributed by atoms with van der Waals surface area (Å²) in [5, 5.41) is 10.1. The lowest BCUT2D eigenvalue weighted by atomic mass is 10.1. The molecular formula is C17H21NO5S. The summed E-state index contributed by atoms with van der Waals surface area (Å²) < 4.78 is 37.3. The first-order valence-electron chi connectivity index (χ1n) is 7.42. The van der Waals surface area contributed by atoms with Gasteiger partial charge in [0.2, 0.25) is 10.0 Å². The zero-order valence-corrected chi connectivity index (χ0v) is 14.4. The molecule has 0 amide bonds. The molecule has 0 radical (unpaired) electrons. The standard InChI is InChI=1S/C17H21NO5S/c1-22-16-9-8-14(12-17(16)23-2)24(20,21)18-11-10-15(19)13-6-4-3-5-7-13/h3-9,12,15,18-19H,10-11H2,1-2H3. The van der Waals surface area contributed by atoms with E-state index in [9.17, 15) is 13.5 Å². The van der Waals surface area contributed by atoms with E-state index in [1.165, 1.54) is 32.4 Å². The highest BCUT2D eigenvalue weighted by Crippen LogP contribution is 2.29. The van der Waals surface area contributed by atoms with Crippen LogP contribution in [-0.4, -0.2) is 34.3 Å². The third kappa shape index (κ3) is 4.47. The molecule has 0 bridgehead atoms. The van der Waals surface area contributed by atoms with Gasteiger partial charge in [0.25, 0.3) is 0 Å². The molecule has 2 aromatic rings. The fourth-order valence-corrected chi connectivity index (χ4v) is 3.30. The van der Waals surface area contributed by atoms with E-state index in [0.717, 1.165) is 5.56 Å². The predicted molar refractivity (Wildman–Crippen MR) is 90.8 cm³/mol. The second-order valence-corrected chi connectivity index (χ2v) is 6.90. The van der Waals surface area contributed by atoms with Gasteiger partial charge in [0.05, 0.1) is 25.2 Å². The van der Waals surface area contributed by atoms with E-state index in [-0.39, 0.29) is 17.9 Å². The van der Waals surface area contributed by atoms with Crippen molar-refractivity contribution in [2.75, 3.05) is 20.8 Å². The number of nitrogens with one attached hydrogen (secondary N) is 1. The van der Waals surface area contributed by atoms with Gasteiger partial charge >= 0.3 is 0 Å². The van der Waals surface area contributed by atoms with Crippen LogP contribution < -0.4 is 14.2 Å². The second-order valence-electron chi connectivity index (χ2n) is 5.13. The third-order valence-corrected chi connectivity index (χ3v) is 5.02. The van der Waals surface area contributed by atoms with Crippen molar-refractivity contribution in [3.05, 3.63) is 54.1 Å². The van der Waals surface area contributed by atoms with E-state index < -0.39 is 16.1 Å². The Kier molecular flexibility index (Phi) is 6.19. The minimum Gasteiger partial charge on any atom is -0.493 e. The van der Waals surface area contributed by atoms with Crippen LogP contribution >= 0.6 is 0 Å². The molecule has 0 aliphatic carbocycles. The van der Waals surface area contributed by atoms with Crippen LogP contribution in [0, 0.1) is 0 Å². The van der Waals surface area contributed by atoms with Crippen LogP contribution in [0.25, 0.3) is 0 Å². The second kappa shape index (κ2) is 8.14. The van der Waals surface area contributed by atoms with Crippen molar-refractivity contribution in [1.29, 1.82) is 0 Å². The molecule has 0 aromatic heterocycles. The molecular weight excluding hydrogens is 330 g/mol. The molecule has 0 spiro atoms. The van der Waals surface area contributed by atoms with E-state index in [1.807, 2.05) is 18.2 Å². The van der Waals surface area contributed by atoms with E-state index >= 15 is 0 Å². The number of aliphatic hydroxyl groups is 1. The van der Waals surface area contributed by atoms with Gasteiger partial charge < -0.3 is 14.6 Å². The topological polar surface area (TPSA) is 84.9 Å². The summed E-state index contributed by atoms with van der Waals surface area (Å²) in [6, 6.07) is 13.5. The molecule has 1 atom stereocenters. The zero-order chi connectivity index (χ0) is 17.6. The SMILES string of the molecule is COc1ccc(S(=O)(=O)NCCC(O)c2ccccc2)cc1OC. The van der Waals surface area contributed by atoms with Crippen molar-refractivity contribution < 1.29 is 23.0 Å². The lowest BCUT2D eigenvalue weighted by molar-refractivity contribution is 0.169. The van der Waals surface area contributed by atoms with Gasteiger partial charge in [-0.3, -0.25) is 0 Å². The maximum atomic E-state index is 12.3. The summed E-state index contributed by atoms with van der Waals surface area (Å²) in [6.45, 7) is 0.118. The zero-order valence-electron chi connectivity index (χ0n) is 13.6. The van der Waals surface area contributed by atoms with Crippen molar-refractivity contribution in [3.8, 4) is 11.5 Å². The summed E-state index contributed by atoms with van der Waals surface area (Å²) >= 11 is 0. The summed E-state index contributed by atoms with van der Waals surface area (Å²) in [4.78, 5) is 0.0781. The number of benzene rings is 2. The largest absolute Gasteiger partial charge is 0.493 e. The van der Waals surface area contributed by atoms with Crippen LogP contribution in [0.3, 0.4) is 0 Å². The molecule has 2 aromatic carbocycles. The van der Waals surface area contributed by atoms with Gasteiger partial charge in [0.1, 0.15) is 0 Å². The average Bonchev–Trinajstić information content (AvgIpc) is 2.61. The van der Waals surface area contributed by atoms with Gasteiger partial charge in [-0.1, -0.05) is 30.3 Å². The minimum atomic E-state index is -3.69. The van der Waals surface area contributed by atoms with Crippen molar-refractivity contribution in [2.45, 2.75) is 17.4 Å². The Labute approximate surface area is 142 Å². The molecule has 0 saturated heterocycles. The normalized spacial score (nSPS) is 12.6. The Morgan fingerprint density at radius 1 is 1.04 bits per heavy atom. The van der Waals surface area contributed by atoms with Crippen LogP contribution in [0.1, 0.15) is 18.1 Å². The monoisotopic (exact) mass is 351 g/mol. The molecule has 130 valence electrons. The van der Waals surface area contributed by atoms with E-state index in [1.54, 1.807) is 12.1 Å². The van der Waals surface area contributed by atoms with Crippen molar-refractivity contribution in [3.63, 3.8) is 0 Å². The van der Waals surface area contributed by atoms with Gasteiger partial charge in [-0.25, -0.2) is 13.1 Å². The van der Waals surface area contributed by atoms with E-state index in [2.05, 4.69) is 4.72 Å². The first-order chi connectivity index (χ1) is 11.5. The van der Waals surface area contributed by atoms with Crippen LogP contribution in [0.2, 0.25) is 0 Å². The number of methoxy groups -OCH3 is 2. The van der Waals surface area contributed by atoms with Gasteiger partial charge in [0, 0.05) is 12.6 Å². The minimum absolute atomic E-state index is 0.0781. The highest BCUT2D eigenvalue weighted by molar-refractivity contribution is 7.89. The lowest BCUT2D eigenvalue weighted by Gasteiger charge is -2.13. The summed E-state index contributed by atoms with van der Waals surface area (Å²) in [5.41, 5.74) is 0.753. The maximum absolute atomic E-state index is 12.3. The van der Waals surface area contributed by atoms with Crippen LogP contribution in [0.4, 0.5) is 0 Å². The highest BCUT2D eigenvalue weighted by Gasteiger charge is 2.17. The van der Waals surface area contributed by atoms with Gasteiger partial charge in [-0.15, -0.1) is 0 Å². The first kappa shape index (κ1) is 18.3. The molecule has 0 aliphatic rings. The molecule has 24 heavy (non-hydrogen) atoms. The molecule has 1 unspecified atom stereocenters. The van der Waals surface area contributed by atoms with Gasteiger partial charge in [-0.05, 0) is 24.1 Å². The van der Waals surface area contributed by atoms with Crippen molar-refractivity contribution in [1.82, 2.24) is 4.72 Å². The molecule has 2 rings (SSSR count). The predicted octanol–water partition coefficient (Wildman–Crippen LogP) is 2.11. The lowest BCUT2D eigenvalue weighted by Crippen LogP contribution is -2.26. The number of hydrogen-bond acceptors (Lipinski definition) is 5. The van der Waals surface area contributed by atoms with Crippen LogP contribution in [-0.2, 0) is 10.0 Å². The van der Waals surface area contributed by atoms with Crippen molar-refractivity contribution >= 4 is 10.0 Å². The third-order valence-electron chi connectivity index (χ3n) is 3.56. The quantitative estimate of drug-likeness (QED) is 0.761. The molecule has 7 heteroatoms. The maximum Gasteiger partial charge on any atom is 0.240 e. The highest BCUT2D eigenvalue weighted by atomic mass is 32.2. The first-order valence-corrected chi connectivity index (χ1v) is 8.91. The summed E-state index contributed by atoms with van der Waals surface area (Å²) in [7, 11) is -0.769. The number of hydrogen-bond donors (Lipinski definition) is 2. The molecule has 0 heterocycles. The molecule has 0 saturated carbocycles. The fraction of sp³-hybridized carbons (Fsp3) is 0.294. The Morgan fingerprint density at radius 2 is 1.71 bits per heavy atom. The van der Waals surface area contributed by atoms with Gasteiger partial charge in [0.15, 0.2) is 11.5 Å². The van der Waals surface area contributed by atoms with Crippen molar-refractivity contribution in [2.24, 2.45) is 0 Å². The Bertz CT molecular complexity index is 762. The number of rotatable bonds is 8. The Morgan fingerprint density at radius 3 is 2.33 bits per heavy atom. The smallest absolute Gasteiger partial charge is 0.240 e. The summed E-state index contributed by atoms with van der Waals surface area (Å²) in [5.74, 6) is 0.792. The van der Waals surface area contributed by atoms with E-state index in [0.29, 0.717) is 11.5 Å².